The summed E-state index contributed by atoms with van der Waals surface area (Å²) in [7, 11) is 0. The molecule has 25 heavy (non-hydrogen) atoms. The fourth-order valence-electron chi connectivity index (χ4n) is 1.86. The molecule has 0 saturated heterocycles. The third-order valence-corrected chi connectivity index (χ3v) is 5.63. The van der Waals surface area contributed by atoms with Crippen molar-refractivity contribution < 1.29 is 9.59 Å². The fourth-order valence-corrected chi connectivity index (χ4v) is 4.09. The van der Waals surface area contributed by atoms with Gasteiger partial charge in [0.1, 0.15) is 0 Å². The molecule has 0 N–H and O–H groups in total. The minimum Gasteiger partial charge on any atom is -0.282 e. The smallest absolute Gasteiger partial charge is 0.216 e. The van der Waals surface area contributed by atoms with Gasteiger partial charge in [-0.15, -0.1) is 0 Å². The van der Waals surface area contributed by atoms with Crippen molar-refractivity contribution in [1.29, 1.82) is 0 Å². The van der Waals surface area contributed by atoms with Crippen LogP contribution in [0.2, 0.25) is 0 Å². The third-order valence-electron chi connectivity index (χ3n) is 2.93. The normalized spacial score (nSPS) is 11.3. The van der Waals surface area contributed by atoms with Gasteiger partial charge in [-0.05, 0) is 98.1 Å². The van der Waals surface area contributed by atoms with Gasteiger partial charge in [-0.3, -0.25) is 9.59 Å². The third kappa shape index (κ3) is 6.98. The van der Waals surface area contributed by atoms with E-state index in [9.17, 15) is 9.59 Å². The standard InChI is InChI=1S/C20H18O2S3/c1-3-5-19(21)24-17-11-7-15(8-12-17)23-16-9-13-18(14-10-16)25-20(22)6-4-2/h3-14H,1-2H3. The summed E-state index contributed by atoms with van der Waals surface area (Å²) in [6.07, 6.45) is 6.61. The molecule has 5 heteroatoms. The number of carbonyl (C=O) groups is 2. The molecule has 0 spiro atoms. The van der Waals surface area contributed by atoms with E-state index in [4.69, 9.17) is 0 Å². The topological polar surface area (TPSA) is 34.1 Å². The number of rotatable bonds is 6. The highest BCUT2D eigenvalue weighted by Crippen LogP contribution is 2.31. The van der Waals surface area contributed by atoms with Gasteiger partial charge < -0.3 is 0 Å². The van der Waals surface area contributed by atoms with Crippen LogP contribution in [0.4, 0.5) is 0 Å². The molecule has 0 unspecified atom stereocenters. The Kier molecular flexibility index (Phi) is 8.12. The van der Waals surface area contributed by atoms with Crippen molar-refractivity contribution >= 4 is 45.5 Å². The average molecular weight is 387 g/mol. The second-order valence-corrected chi connectivity index (χ2v) is 8.19. The predicted octanol–water partition coefficient (Wildman–Crippen LogP) is 6.23. The second-order valence-electron chi connectivity index (χ2n) is 4.89. The van der Waals surface area contributed by atoms with Crippen molar-refractivity contribution in [3.05, 3.63) is 72.8 Å². The van der Waals surface area contributed by atoms with Gasteiger partial charge in [0.05, 0.1) is 0 Å². The van der Waals surface area contributed by atoms with E-state index in [1.807, 2.05) is 62.4 Å². The fraction of sp³-hybridized carbons (Fsp3) is 0.100. The highest BCUT2D eigenvalue weighted by atomic mass is 32.2. The Bertz CT molecular complexity index is 708. The first-order valence-electron chi connectivity index (χ1n) is 7.67. The molecule has 0 bridgehead atoms. The van der Waals surface area contributed by atoms with Crippen LogP contribution in [-0.2, 0) is 9.59 Å². The molecule has 2 aromatic rings. The molecule has 0 fully saturated rings. The lowest BCUT2D eigenvalue weighted by atomic mass is 10.4. The molecule has 0 radical (unpaired) electrons. The van der Waals surface area contributed by atoms with Crippen molar-refractivity contribution in [2.45, 2.75) is 33.4 Å². The Balaban J connectivity index is 1.95. The van der Waals surface area contributed by atoms with Gasteiger partial charge in [-0.2, -0.15) is 0 Å². The van der Waals surface area contributed by atoms with Crippen LogP contribution >= 0.6 is 35.3 Å². The Labute approximate surface area is 161 Å². The van der Waals surface area contributed by atoms with Crippen LogP contribution in [0.3, 0.4) is 0 Å². The van der Waals surface area contributed by atoms with E-state index >= 15 is 0 Å². The van der Waals surface area contributed by atoms with E-state index in [0.29, 0.717) is 0 Å². The Morgan fingerprint density at radius 2 is 0.960 bits per heavy atom. The van der Waals surface area contributed by atoms with Crippen LogP contribution in [0.1, 0.15) is 13.8 Å². The zero-order valence-corrected chi connectivity index (χ0v) is 16.4. The van der Waals surface area contributed by atoms with Crippen molar-refractivity contribution in [2.24, 2.45) is 0 Å². The summed E-state index contributed by atoms with van der Waals surface area (Å²) < 4.78 is 0. The molecule has 2 rings (SSSR count). The van der Waals surface area contributed by atoms with E-state index in [2.05, 4.69) is 0 Å². The van der Waals surface area contributed by atoms with Crippen LogP contribution < -0.4 is 0 Å². The molecule has 2 aromatic carbocycles. The first-order chi connectivity index (χ1) is 12.1. The molecule has 0 aliphatic heterocycles. The quantitative estimate of drug-likeness (QED) is 0.434. The van der Waals surface area contributed by atoms with Gasteiger partial charge in [-0.1, -0.05) is 23.9 Å². The summed E-state index contributed by atoms with van der Waals surface area (Å²) in [6.45, 7) is 3.66. The number of hydrogen-bond acceptors (Lipinski definition) is 5. The first kappa shape index (κ1) is 19.6. The summed E-state index contributed by atoms with van der Waals surface area (Å²) in [4.78, 5) is 27.2. The molecule has 0 saturated carbocycles. The Morgan fingerprint density at radius 3 is 1.28 bits per heavy atom. The molecule has 0 aromatic heterocycles. The van der Waals surface area contributed by atoms with E-state index in [-0.39, 0.29) is 10.2 Å². The minimum atomic E-state index is 0.0310. The van der Waals surface area contributed by atoms with Crippen LogP contribution in [-0.4, -0.2) is 10.2 Å². The maximum absolute atomic E-state index is 11.6. The second kappa shape index (κ2) is 10.3. The van der Waals surface area contributed by atoms with Gasteiger partial charge in [0.2, 0.25) is 10.2 Å². The van der Waals surface area contributed by atoms with E-state index in [1.165, 1.54) is 23.5 Å². The summed E-state index contributed by atoms with van der Waals surface area (Å²) >= 11 is 4.09. The number of benzene rings is 2. The van der Waals surface area contributed by atoms with Crippen molar-refractivity contribution in [1.82, 2.24) is 0 Å². The summed E-state index contributed by atoms with van der Waals surface area (Å²) in [5.41, 5.74) is 0. The van der Waals surface area contributed by atoms with Crippen LogP contribution in [0, 0.1) is 0 Å². The number of allylic oxidation sites excluding steroid dienone is 2. The van der Waals surface area contributed by atoms with Gasteiger partial charge in [0.25, 0.3) is 0 Å². The first-order valence-corrected chi connectivity index (χ1v) is 10.1. The molecule has 0 atom stereocenters. The van der Waals surface area contributed by atoms with E-state index in [1.54, 1.807) is 36.1 Å². The lowest BCUT2D eigenvalue weighted by Crippen LogP contribution is -1.84. The molecule has 0 aliphatic carbocycles. The van der Waals surface area contributed by atoms with Crippen LogP contribution in [0.15, 0.2) is 92.4 Å². The van der Waals surface area contributed by atoms with E-state index < -0.39 is 0 Å². The molecule has 128 valence electrons. The Morgan fingerprint density at radius 1 is 0.640 bits per heavy atom. The van der Waals surface area contributed by atoms with Gasteiger partial charge >= 0.3 is 0 Å². The molecular formula is C20H18O2S3. The molecular weight excluding hydrogens is 368 g/mol. The van der Waals surface area contributed by atoms with Crippen molar-refractivity contribution in [3.8, 4) is 0 Å². The van der Waals surface area contributed by atoms with Gasteiger partial charge in [0.15, 0.2) is 0 Å². The zero-order chi connectivity index (χ0) is 18.1. The maximum Gasteiger partial charge on any atom is 0.216 e. The largest absolute Gasteiger partial charge is 0.282 e. The lowest BCUT2D eigenvalue weighted by Gasteiger charge is -2.04. The monoisotopic (exact) mass is 386 g/mol. The number of hydrogen-bond donors (Lipinski definition) is 0. The lowest BCUT2D eigenvalue weighted by molar-refractivity contribution is -0.107. The zero-order valence-electron chi connectivity index (χ0n) is 14.0. The molecule has 0 heterocycles. The minimum absolute atomic E-state index is 0.0310. The van der Waals surface area contributed by atoms with Crippen LogP contribution in [0.25, 0.3) is 0 Å². The predicted molar refractivity (Wildman–Crippen MR) is 108 cm³/mol. The van der Waals surface area contributed by atoms with Crippen LogP contribution in [0.5, 0.6) is 0 Å². The molecule has 0 amide bonds. The number of carbonyl (C=O) groups excluding carboxylic acids is 2. The average Bonchev–Trinajstić information content (AvgIpc) is 2.59. The summed E-state index contributed by atoms with van der Waals surface area (Å²) in [5.74, 6) is 0. The summed E-state index contributed by atoms with van der Waals surface area (Å²) in [5, 5.41) is 0.0620. The highest BCUT2D eigenvalue weighted by molar-refractivity contribution is 8.14. The Hall–Kier alpha value is -1.69. The van der Waals surface area contributed by atoms with Gasteiger partial charge in [-0.25, -0.2) is 0 Å². The molecule has 2 nitrogen and oxygen atoms in total. The molecule has 0 aliphatic rings. The maximum atomic E-state index is 11.6. The highest BCUT2D eigenvalue weighted by Gasteiger charge is 2.04. The van der Waals surface area contributed by atoms with Gasteiger partial charge in [0, 0.05) is 19.6 Å². The van der Waals surface area contributed by atoms with Crippen molar-refractivity contribution in [3.63, 3.8) is 0 Å². The SMILES string of the molecule is CC=CC(=O)Sc1ccc(Sc2ccc(SC(=O)C=CC)cc2)cc1. The summed E-state index contributed by atoms with van der Waals surface area (Å²) in [6, 6.07) is 15.8. The number of thioether (sulfide) groups is 2. The van der Waals surface area contributed by atoms with Crippen molar-refractivity contribution in [2.75, 3.05) is 0 Å². The van der Waals surface area contributed by atoms with E-state index in [0.717, 1.165) is 19.6 Å².